The van der Waals surface area contributed by atoms with Gasteiger partial charge in [0, 0.05) is 18.0 Å². The van der Waals surface area contributed by atoms with Crippen LogP contribution in [0, 0.1) is 0 Å². The second-order valence-electron chi connectivity index (χ2n) is 10.7. The van der Waals surface area contributed by atoms with Crippen molar-refractivity contribution in [2.24, 2.45) is 0 Å². The lowest BCUT2D eigenvalue weighted by molar-refractivity contribution is -0.158. The van der Waals surface area contributed by atoms with Crippen LogP contribution >= 0.6 is 15.9 Å². The van der Waals surface area contributed by atoms with Crippen molar-refractivity contribution in [3.05, 3.63) is 82.1 Å². The zero-order valence-corrected chi connectivity index (χ0v) is 22.8. The minimum absolute atomic E-state index is 0.0173. The van der Waals surface area contributed by atoms with Crippen LogP contribution in [0.15, 0.2) is 65.4 Å². The molecule has 0 bridgehead atoms. The first-order valence-electron chi connectivity index (χ1n) is 11.7. The summed E-state index contributed by atoms with van der Waals surface area (Å²) in [5.74, 6) is 0.207. The Morgan fingerprint density at radius 3 is 2.06 bits per heavy atom. The first-order chi connectivity index (χ1) is 16.3. The maximum Gasteiger partial charge on any atom is 0.324 e. The van der Waals surface area contributed by atoms with Gasteiger partial charge in [0.05, 0.1) is 4.47 Å². The number of nitrogens with one attached hydrogen (secondary N) is 1. The van der Waals surface area contributed by atoms with E-state index in [4.69, 9.17) is 4.74 Å². The minimum Gasteiger partial charge on any atom is -0.459 e. The molecule has 0 fully saturated rings. The minimum atomic E-state index is -1.02. The standard InChI is InChI=1S/C28H34BrN3O3/c1-27(2,3)21-13-11-20(12-14-21)25(33)32-23(26(34)35-28(4,5)6)15-18-7-9-19(10-8-18)24-30-16-22(29)17-31-24/h7-14,16-17,23,25,32-33H,15H2,1-6H3/t23-,25?/m0/s1. The number of aliphatic hydroxyl groups excluding tert-OH is 1. The molecule has 0 saturated heterocycles. The maximum atomic E-state index is 13.0. The van der Waals surface area contributed by atoms with E-state index < -0.39 is 23.8 Å². The van der Waals surface area contributed by atoms with Crippen LogP contribution in [0.25, 0.3) is 11.4 Å². The number of hydrogen-bond acceptors (Lipinski definition) is 6. The van der Waals surface area contributed by atoms with Crippen LogP contribution in [0.3, 0.4) is 0 Å². The summed E-state index contributed by atoms with van der Waals surface area (Å²) in [4.78, 5) is 21.7. The molecule has 0 aliphatic rings. The van der Waals surface area contributed by atoms with Crippen LogP contribution in [-0.2, 0) is 21.4 Å². The van der Waals surface area contributed by atoms with E-state index in [0.29, 0.717) is 17.8 Å². The summed E-state index contributed by atoms with van der Waals surface area (Å²) < 4.78 is 6.46. The Morgan fingerprint density at radius 2 is 1.54 bits per heavy atom. The molecule has 0 radical (unpaired) electrons. The average molecular weight is 541 g/mol. The van der Waals surface area contributed by atoms with Gasteiger partial charge in [0.25, 0.3) is 0 Å². The molecule has 0 saturated carbocycles. The van der Waals surface area contributed by atoms with E-state index in [1.54, 1.807) is 12.4 Å². The third-order valence-corrected chi connectivity index (χ3v) is 5.82. The van der Waals surface area contributed by atoms with Crippen molar-refractivity contribution in [2.45, 2.75) is 71.2 Å². The second-order valence-corrected chi connectivity index (χ2v) is 11.6. The number of carbonyl (C=O) groups is 1. The fraction of sp³-hybridized carbons (Fsp3) is 0.393. The van der Waals surface area contributed by atoms with Crippen LogP contribution in [0.4, 0.5) is 0 Å². The van der Waals surface area contributed by atoms with Gasteiger partial charge >= 0.3 is 5.97 Å². The number of benzene rings is 2. The molecule has 6 nitrogen and oxygen atoms in total. The number of rotatable bonds is 7. The van der Waals surface area contributed by atoms with Crippen molar-refractivity contribution in [1.82, 2.24) is 15.3 Å². The number of hydrogen-bond donors (Lipinski definition) is 2. The van der Waals surface area contributed by atoms with Crippen LogP contribution in [-0.4, -0.2) is 32.7 Å². The third kappa shape index (κ3) is 7.95. The molecule has 0 aliphatic carbocycles. The second kappa shape index (κ2) is 11.0. The van der Waals surface area contributed by atoms with Crippen molar-refractivity contribution < 1.29 is 14.6 Å². The van der Waals surface area contributed by atoms with Crippen LogP contribution in [0.1, 0.15) is 64.5 Å². The lowest BCUT2D eigenvalue weighted by Gasteiger charge is -2.27. The van der Waals surface area contributed by atoms with Crippen molar-refractivity contribution in [3.63, 3.8) is 0 Å². The SMILES string of the molecule is CC(C)(C)OC(=O)[C@H](Cc1ccc(-c2ncc(Br)cn2)cc1)NC(O)c1ccc(C(C)(C)C)cc1. The van der Waals surface area contributed by atoms with Crippen molar-refractivity contribution in [2.75, 3.05) is 0 Å². The molecule has 7 heteroatoms. The highest BCUT2D eigenvalue weighted by Crippen LogP contribution is 2.24. The zero-order valence-electron chi connectivity index (χ0n) is 21.2. The lowest BCUT2D eigenvalue weighted by Crippen LogP contribution is -2.44. The van der Waals surface area contributed by atoms with Gasteiger partial charge in [0.15, 0.2) is 5.82 Å². The van der Waals surface area contributed by atoms with Gasteiger partial charge < -0.3 is 9.84 Å². The van der Waals surface area contributed by atoms with Gasteiger partial charge in [-0.25, -0.2) is 9.97 Å². The van der Waals surface area contributed by atoms with E-state index in [1.165, 1.54) is 5.56 Å². The highest BCUT2D eigenvalue weighted by Gasteiger charge is 2.28. The number of aliphatic hydroxyl groups is 1. The van der Waals surface area contributed by atoms with E-state index in [2.05, 4.69) is 52.0 Å². The molecule has 3 aromatic rings. The fourth-order valence-corrected chi connectivity index (χ4v) is 3.73. The lowest BCUT2D eigenvalue weighted by atomic mass is 9.86. The Hall–Kier alpha value is -2.61. The zero-order chi connectivity index (χ0) is 25.8. The molecule has 2 atom stereocenters. The van der Waals surface area contributed by atoms with Gasteiger partial charge in [0.1, 0.15) is 17.9 Å². The maximum absolute atomic E-state index is 13.0. The van der Waals surface area contributed by atoms with E-state index in [1.807, 2.05) is 69.3 Å². The molecule has 3 rings (SSSR count). The average Bonchev–Trinajstić information content (AvgIpc) is 2.78. The summed E-state index contributed by atoms with van der Waals surface area (Å²) in [6.07, 6.45) is 2.74. The van der Waals surface area contributed by atoms with E-state index >= 15 is 0 Å². The van der Waals surface area contributed by atoms with Gasteiger partial charge in [0.2, 0.25) is 0 Å². The van der Waals surface area contributed by atoms with E-state index in [-0.39, 0.29) is 5.41 Å². The molecule has 1 aromatic heterocycles. The first-order valence-corrected chi connectivity index (χ1v) is 12.5. The number of halogens is 1. The number of ether oxygens (including phenoxy) is 1. The molecule has 0 aliphatic heterocycles. The van der Waals surface area contributed by atoms with Crippen LogP contribution in [0.2, 0.25) is 0 Å². The third-order valence-electron chi connectivity index (χ3n) is 5.42. The van der Waals surface area contributed by atoms with Gasteiger partial charge in [-0.3, -0.25) is 10.1 Å². The normalized spacial score (nSPS) is 13.8. The van der Waals surface area contributed by atoms with E-state index in [0.717, 1.165) is 15.6 Å². The molecule has 0 spiro atoms. The summed E-state index contributed by atoms with van der Waals surface area (Å²) in [7, 11) is 0. The van der Waals surface area contributed by atoms with Crippen LogP contribution in [0.5, 0.6) is 0 Å². The first kappa shape index (κ1) is 27.0. The molecule has 2 aromatic carbocycles. The van der Waals surface area contributed by atoms with Gasteiger partial charge in [-0.05, 0) is 65.2 Å². The summed E-state index contributed by atoms with van der Waals surface area (Å²) >= 11 is 3.34. The van der Waals surface area contributed by atoms with Crippen molar-refractivity contribution >= 4 is 21.9 Å². The topological polar surface area (TPSA) is 84.3 Å². The Kier molecular flexibility index (Phi) is 8.46. The molecule has 35 heavy (non-hydrogen) atoms. The highest BCUT2D eigenvalue weighted by atomic mass is 79.9. The van der Waals surface area contributed by atoms with Gasteiger partial charge in [-0.2, -0.15) is 0 Å². The Morgan fingerprint density at radius 1 is 0.971 bits per heavy atom. The Bertz CT molecular complexity index is 1120. The van der Waals surface area contributed by atoms with Gasteiger partial charge in [-0.1, -0.05) is 69.3 Å². The fourth-order valence-electron chi connectivity index (χ4n) is 3.52. The largest absolute Gasteiger partial charge is 0.459 e. The number of nitrogens with zero attached hydrogens (tertiary/aromatic N) is 2. The van der Waals surface area contributed by atoms with Crippen molar-refractivity contribution in [3.8, 4) is 11.4 Å². The van der Waals surface area contributed by atoms with Gasteiger partial charge in [-0.15, -0.1) is 0 Å². The van der Waals surface area contributed by atoms with Crippen LogP contribution < -0.4 is 5.32 Å². The van der Waals surface area contributed by atoms with E-state index in [9.17, 15) is 9.90 Å². The summed E-state index contributed by atoms with van der Waals surface area (Å²) in [6, 6.07) is 14.8. The molecule has 2 N–H and O–H groups in total. The molecule has 186 valence electrons. The highest BCUT2D eigenvalue weighted by molar-refractivity contribution is 9.10. The molecule has 1 heterocycles. The quantitative estimate of drug-likeness (QED) is 0.294. The molecule has 0 amide bonds. The summed E-state index contributed by atoms with van der Waals surface area (Å²) in [5, 5.41) is 14.0. The predicted octanol–water partition coefficient (Wildman–Crippen LogP) is 5.74. The van der Waals surface area contributed by atoms with Crippen molar-refractivity contribution in [1.29, 1.82) is 0 Å². The summed E-state index contributed by atoms with van der Waals surface area (Å²) in [5.41, 5.74) is 3.04. The number of carbonyl (C=O) groups excluding carboxylic acids is 1. The number of aromatic nitrogens is 2. The summed E-state index contributed by atoms with van der Waals surface area (Å²) in [6.45, 7) is 11.9. The predicted molar refractivity (Wildman–Crippen MR) is 142 cm³/mol. The molecule has 1 unspecified atom stereocenters. The molecular formula is C28H34BrN3O3. The smallest absolute Gasteiger partial charge is 0.324 e. The molecular weight excluding hydrogens is 506 g/mol. The Balaban J connectivity index is 1.78. The number of esters is 1. The monoisotopic (exact) mass is 539 g/mol. The Labute approximate surface area is 216 Å².